The highest BCUT2D eigenvalue weighted by atomic mass is 16.5. The minimum absolute atomic E-state index is 0.356. The Balaban J connectivity index is 1.52. The van der Waals surface area contributed by atoms with Crippen LogP contribution in [0.3, 0.4) is 0 Å². The number of aryl methyl sites for hydroxylation is 1. The van der Waals surface area contributed by atoms with Crippen LogP contribution in [0.2, 0.25) is 0 Å². The molecular weight excluding hydrogens is 442 g/mol. The fourth-order valence-electron chi connectivity index (χ4n) is 3.54. The molecule has 0 spiro atoms. The fourth-order valence-corrected chi connectivity index (χ4v) is 3.54. The lowest BCUT2D eigenvalue weighted by atomic mass is 10.0. The molecule has 1 aromatic heterocycles. The largest absolute Gasteiger partial charge is 0.489 e. The van der Waals surface area contributed by atoms with E-state index in [9.17, 15) is 9.59 Å². The number of hydrogen-bond acceptors (Lipinski definition) is 5. The maximum atomic E-state index is 13.3. The molecule has 0 aliphatic heterocycles. The minimum Gasteiger partial charge on any atom is -0.489 e. The van der Waals surface area contributed by atoms with Crippen molar-refractivity contribution in [2.45, 2.75) is 19.2 Å². The third-order valence-corrected chi connectivity index (χ3v) is 5.40. The van der Waals surface area contributed by atoms with E-state index in [-0.39, 0.29) is 5.91 Å². The van der Waals surface area contributed by atoms with Crippen LogP contribution in [0.15, 0.2) is 91.3 Å². The van der Waals surface area contributed by atoms with Crippen molar-refractivity contribution in [3.63, 3.8) is 0 Å². The zero-order valence-corrected chi connectivity index (χ0v) is 19.3. The Morgan fingerprint density at radius 3 is 2.43 bits per heavy atom. The number of amides is 2. The van der Waals surface area contributed by atoms with Crippen LogP contribution in [0.25, 0.3) is 0 Å². The summed E-state index contributed by atoms with van der Waals surface area (Å²) in [5, 5.41) is 9.73. The van der Waals surface area contributed by atoms with E-state index in [1.165, 1.54) is 10.9 Å². The molecule has 0 saturated heterocycles. The minimum atomic E-state index is -0.938. The van der Waals surface area contributed by atoms with E-state index >= 15 is 0 Å². The second-order valence-electron chi connectivity index (χ2n) is 8.05. The molecule has 0 bridgehead atoms. The van der Waals surface area contributed by atoms with Crippen LogP contribution in [0.1, 0.15) is 33.1 Å². The second-order valence-corrected chi connectivity index (χ2v) is 8.05. The van der Waals surface area contributed by atoms with Crippen LogP contribution in [-0.2, 0) is 25.0 Å². The van der Waals surface area contributed by atoms with Crippen molar-refractivity contribution in [2.75, 3.05) is 5.32 Å². The van der Waals surface area contributed by atoms with Gasteiger partial charge in [-0.25, -0.2) is 0 Å². The van der Waals surface area contributed by atoms with Gasteiger partial charge < -0.3 is 21.1 Å². The average Bonchev–Trinajstić information content (AvgIpc) is 3.33. The van der Waals surface area contributed by atoms with Gasteiger partial charge in [-0.2, -0.15) is 5.10 Å². The van der Waals surface area contributed by atoms with Crippen molar-refractivity contribution >= 4 is 17.5 Å². The van der Waals surface area contributed by atoms with Gasteiger partial charge in [0.1, 0.15) is 18.4 Å². The number of rotatable bonds is 9. The number of nitrogens with two attached hydrogens (primary N) is 1. The summed E-state index contributed by atoms with van der Waals surface area (Å²) in [4.78, 5) is 26.1. The van der Waals surface area contributed by atoms with Gasteiger partial charge >= 0.3 is 0 Å². The maximum Gasteiger partial charge on any atom is 0.255 e. The summed E-state index contributed by atoms with van der Waals surface area (Å²) in [6.07, 6.45) is 3.05. The van der Waals surface area contributed by atoms with Gasteiger partial charge in [0.15, 0.2) is 0 Å². The number of nitrogens with one attached hydrogen (secondary N) is 2. The molecule has 0 aliphatic carbocycles. The molecule has 8 heteroatoms. The SMILES string of the molecule is Cn1cc(C(=O)N[C@@H](C(=O)Nc2cccc(CN)c2)c2ccc(OCc3ccccc3)cc2)cn1. The Kier molecular flexibility index (Phi) is 7.54. The van der Waals surface area contributed by atoms with Crippen molar-refractivity contribution in [1.82, 2.24) is 15.1 Å². The van der Waals surface area contributed by atoms with Crippen molar-refractivity contribution in [2.24, 2.45) is 12.8 Å². The van der Waals surface area contributed by atoms with E-state index in [1.54, 1.807) is 49.6 Å². The van der Waals surface area contributed by atoms with E-state index in [0.717, 1.165) is 11.1 Å². The Labute approximate surface area is 203 Å². The van der Waals surface area contributed by atoms with Crippen molar-refractivity contribution in [3.05, 3.63) is 114 Å². The summed E-state index contributed by atoms with van der Waals surface area (Å²) in [6.45, 7) is 0.786. The monoisotopic (exact) mass is 469 g/mol. The van der Waals surface area contributed by atoms with Crippen molar-refractivity contribution in [1.29, 1.82) is 0 Å². The molecule has 2 amide bonds. The van der Waals surface area contributed by atoms with Crippen LogP contribution in [0, 0.1) is 0 Å². The summed E-state index contributed by atoms with van der Waals surface area (Å²) in [7, 11) is 1.72. The van der Waals surface area contributed by atoms with E-state index in [0.29, 0.717) is 35.7 Å². The standard InChI is InChI=1S/C27H27N5O3/c1-32-17-22(16-29-32)26(33)31-25(27(34)30-23-9-5-8-20(14-23)15-28)21-10-12-24(13-11-21)35-18-19-6-3-2-4-7-19/h2-14,16-17,25H,15,18,28H2,1H3,(H,30,34)(H,31,33)/t25-/m1/s1. The summed E-state index contributed by atoms with van der Waals surface area (Å²) in [6, 6.07) is 23.3. The highest BCUT2D eigenvalue weighted by Crippen LogP contribution is 2.22. The molecule has 0 radical (unpaired) electrons. The Morgan fingerprint density at radius 2 is 1.74 bits per heavy atom. The predicted molar refractivity (Wildman–Crippen MR) is 134 cm³/mol. The summed E-state index contributed by atoms with van der Waals surface area (Å²) < 4.78 is 7.38. The molecule has 8 nitrogen and oxygen atoms in total. The van der Waals surface area contributed by atoms with E-state index < -0.39 is 11.9 Å². The number of hydrogen-bond donors (Lipinski definition) is 3. The van der Waals surface area contributed by atoms with E-state index in [4.69, 9.17) is 10.5 Å². The second kappa shape index (κ2) is 11.1. The maximum absolute atomic E-state index is 13.3. The van der Waals surface area contributed by atoms with Gasteiger partial charge in [0.2, 0.25) is 0 Å². The van der Waals surface area contributed by atoms with Gasteiger partial charge in [-0.05, 0) is 41.0 Å². The number of carbonyl (C=O) groups is 2. The van der Waals surface area contributed by atoms with Gasteiger partial charge in [0.05, 0.1) is 11.8 Å². The first kappa shape index (κ1) is 23.7. The summed E-state index contributed by atoms with van der Waals surface area (Å²) in [5.74, 6) is -0.126. The van der Waals surface area contributed by atoms with Gasteiger partial charge in [0.25, 0.3) is 11.8 Å². The van der Waals surface area contributed by atoms with E-state index in [1.807, 2.05) is 42.5 Å². The van der Waals surface area contributed by atoms with Crippen molar-refractivity contribution in [3.8, 4) is 5.75 Å². The molecular formula is C27H27N5O3. The molecule has 178 valence electrons. The smallest absolute Gasteiger partial charge is 0.255 e. The number of ether oxygens (including phenoxy) is 1. The van der Waals surface area contributed by atoms with Gasteiger partial charge in [-0.1, -0.05) is 54.6 Å². The number of benzene rings is 3. The van der Waals surface area contributed by atoms with Gasteiger partial charge in [-0.15, -0.1) is 0 Å². The zero-order chi connectivity index (χ0) is 24.6. The highest BCUT2D eigenvalue weighted by molar-refractivity contribution is 6.01. The van der Waals surface area contributed by atoms with Crippen LogP contribution in [0.5, 0.6) is 5.75 Å². The normalized spacial score (nSPS) is 11.5. The van der Waals surface area contributed by atoms with Crippen LogP contribution < -0.4 is 21.1 Å². The lowest BCUT2D eigenvalue weighted by molar-refractivity contribution is -0.118. The summed E-state index contributed by atoms with van der Waals surface area (Å²) in [5.41, 5.74) is 9.23. The molecule has 4 N–H and O–H groups in total. The fraction of sp³-hybridized carbons (Fsp3) is 0.148. The Hall–Kier alpha value is -4.43. The van der Waals surface area contributed by atoms with Crippen LogP contribution >= 0.6 is 0 Å². The molecule has 4 rings (SSSR count). The number of carbonyl (C=O) groups excluding carboxylic acids is 2. The molecule has 0 saturated carbocycles. The number of anilines is 1. The molecule has 4 aromatic rings. The Bertz CT molecular complexity index is 1290. The molecule has 35 heavy (non-hydrogen) atoms. The lowest BCUT2D eigenvalue weighted by Gasteiger charge is -2.19. The first-order chi connectivity index (χ1) is 17.0. The third-order valence-electron chi connectivity index (χ3n) is 5.40. The molecule has 0 aliphatic rings. The van der Waals surface area contributed by atoms with Gasteiger partial charge in [0, 0.05) is 25.5 Å². The number of aromatic nitrogens is 2. The van der Waals surface area contributed by atoms with E-state index in [2.05, 4.69) is 15.7 Å². The average molecular weight is 470 g/mol. The first-order valence-corrected chi connectivity index (χ1v) is 11.2. The third kappa shape index (κ3) is 6.33. The van der Waals surface area contributed by atoms with Crippen LogP contribution in [0.4, 0.5) is 5.69 Å². The lowest BCUT2D eigenvalue weighted by Crippen LogP contribution is -2.37. The first-order valence-electron chi connectivity index (χ1n) is 11.2. The topological polar surface area (TPSA) is 111 Å². The molecule has 1 atom stereocenters. The van der Waals surface area contributed by atoms with Crippen LogP contribution in [-0.4, -0.2) is 21.6 Å². The quantitative estimate of drug-likeness (QED) is 0.347. The molecule has 0 unspecified atom stereocenters. The number of nitrogens with zero attached hydrogens (tertiary/aromatic N) is 2. The molecule has 0 fully saturated rings. The predicted octanol–water partition coefficient (Wildman–Crippen LogP) is 3.57. The van der Waals surface area contributed by atoms with Gasteiger partial charge in [-0.3, -0.25) is 14.3 Å². The van der Waals surface area contributed by atoms with Crippen molar-refractivity contribution < 1.29 is 14.3 Å². The summed E-state index contributed by atoms with van der Waals surface area (Å²) >= 11 is 0. The molecule has 1 heterocycles. The Morgan fingerprint density at radius 1 is 1.00 bits per heavy atom. The molecule has 3 aromatic carbocycles. The highest BCUT2D eigenvalue weighted by Gasteiger charge is 2.24. The zero-order valence-electron chi connectivity index (χ0n) is 19.3.